The molecule has 0 bridgehead atoms. The molecule has 1 amide bonds. The van der Waals surface area contributed by atoms with Gasteiger partial charge in [0, 0.05) is 0 Å². The predicted octanol–water partition coefficient (Wildman–Crippen LogP) is 3.55. The summed E-state index contributed by atoms with van der Waals surface area (Å²) in [7, 11) is 1.58. The Hall–Kier alpha value is -2.34. The summed E-state index contributed by atoms with van der Waals surface area (Å²) in [5.74, 6) is 1.07. The van der Waals surface area contributed by atoms with Crippen molar-refractivity contribution in [2.24, 2.45) is 5.10 Å². The highest BCUT2D eigenvalue weighted by Gasteiger charge is 2.10. The first-order chi connectivity index (χ1) is 11.6. The van der Waals surface area contributed by atoms with Crippen LogP contribution in [0.4, 0.5) is 0 Å². The molecule has 6 heteroatoms. The Kier molecular flexibility index (Phi) is 6.81. The van der Waals surface area contributed by atoms with E-state index in [1.807, 2.05) is 43.3 Å². The fourth-order valence-corrected chi connectivity index (χ4v) is 2.74. The predicted molar refractivity (Wildman–Crippen MR) is 97.7 cm³/mol. The first kappa shape index (κ1) is 18.0. The Morgan fingerprint density at radius 2 is 2.04 bits per heavy atom. The lowest BCUT2D eigenvalue weighted by Gasteiger charge is -2.11. The van der Waals surface area contributed by atoms with Crippen molar-refractivity contribution in [2.75, 3.05) is 13.7 Å². The average Bonchev–Trinajstić information content (AvgIpc) is 2.56. The van der Waals surface area contributed by atoms with Crippen molar-refractivity contribution in [3.63, 3.8) is 0 Å². The van der Waals surface area contributed by atoms with Crippen LogP contribution >= 0.6 is 15.9 Å². The lowest BCUT2D eigenvalue weighted by molar-refractivity contribution is -0.120. The molecule has 0 atom stereocenters. The second-order valence-corrected chi connectivity index (χ2v) is 5.78. The van der Waals surface area contributed by atoms with Gasteiger partial charge in [-0.25, -0.2) is 5.43 Å². The van der Waals surface area contributed by atoms with E-state index in [1.54, 1.807) is 19.4 Å². The number of carbonyl (C=O) groups is 1. The number of carbonyl (C=O) groups excluding carboxylic acids is 1. The first-order valence-electron chi connectivity index (χ1n) is 7.50. The molecule has 0 saturated carbocycles. The highest BCUT2D eigenvalue weighted by Crippen LogP contribution is 2.36. The number of ether oxygens (including phenoxy) is 2. The lowest BCUT2D eigenvalue weighted by atomic mass is 10.1. The third-order valence-electron chi connectivity index (χ3n) is 3.15. The van der Waals surface area contributed by atoms with E-state index in [-0.39, 0.29) is 12.3 Å². The van der Waals surface area contributed by atoms with E-state index < -0.39 is 0 Å². The number of hydrogen-bond donors (Lipinski definition) is 1. The molecule has 0 heterocycles. The molecular formula is C18H19BrN2O3. The van der Waals surface area contributed by atoms with Crippen molar-refractivity contribution in [3.8, 4) is 11.5 Å². The van der Waals surface area contributed by atoms with Crippen LogP contribution in [0.25, 0.3) is 0 Å². The molecule has 2 rings (SSSR count). The van der Waals surface area contributed by atoms with Crippen LogP contribution in [0.5, 0.6) is 11.5 Å². The molecule has 0 aliphatic rings. The van der Waals surface area contributed by atoms with Crippen molar-refractivity contribution in [1.82, 2.24) is 5.43 Å². The normalized spacial score (nSPS) is 10.6. The molecule has 1 N–H and O–H groups in total. The van der Waals surface area contributed by atoms with Crippen LogP contribution in [-0.4, -0.2) is 25.8 Å². The number of benzene rings is 2. The van der Waals surface area contributed by atoms with Crippen LogP contribution in [0.3, 0.4) is 0 Å². The van der Waals surface area contributed by atoms with Crippen molar-refractivity contribution < 1.29 is 14.3 Å². The molecule has 2 aromatic carbocycles. The van der Waals surface area contributed by atoms with Crippen molar-refractivity contribution in [3.05, 3.63) is 58.1 Å². The Bertz CT molecular complexity index is 718. The molecule has 0 aliphatic carbocycles. The number of halogens is 1. The van der Waals surface area contributed by atoms with Crippen LogP contribution in [-0.2, 0) is 11.2 Å². The van der Waals surface area contributed by atoms with Gasteiger partial charge in [0.15, 0.2) is 11.5 Å². The molecule has 0 radical (unpaired) electrons. The number of amides is 1. The van der Waals surface area contributed by atoms with Gasteiger partial charge in [0.25, 0.3) is 0 Å². The second-order valence-electron chi connectivity index (χ2n) is 4.92. The van der Waals surface area contributed by atoms with Gasteiger partial charge in [0.2, 0.25) is 5.91 Å². The second kappa shape index (κ2) is 9.08. The maximum atomic E-state index is 11.9. The summed E-state index contributed by atoms with van der Waals surface area (Å²) in [5, 5.41) is 3.99. The van der Waals surface area contributed by atoms with E-state index in [9.17, 15) is 4.79 Å². The van der Waals surface area contributed by atoms with Crippen LogP contribution in [0.15, 0.2) is 52.0 Å². The fraction of sp³-hybridized carbons (Fsp3) is 0.222. The van der Waals surface area contributed by atoms with Gasteiger partial charge in [-0.2, -0.15) is 5.10 Å². The number of nitrogens with zero attached hydrogens (tertiary/aromatic N) is 1. The molecular weight excluding hydrogens is 372 g/mol. The average molecular weight is 391 g/mol. The Balaban J connectivity index is 2.02. The summed E-state index contributed by atoms with van der Waals surface area (Å²) in [6.07, 6.45) is 1.85. The molecule has 2 aromatic rings. The van der Waals surface area contributed by atoms with Gasteiger partial charge in [-0.1, -0.05) is 30.3 Å². The summed E-state index contributed by atoms with van der Waals surface area (Å²) < 4.78 is 11.6. The van der Waals surface area contributed by atoms with Gasteiger partial charge in [0.1, 0.15) is 0 Å². The van der Waals surface area contributed by atoms with Gasteiger partial charge >= 0.3 is 0 Å². The molecule has 0 aliphatic heterocycles. The smallest absolute Gasteiger partial charge is 0.244 e. The monoisotopic (exact) mass is 390 g/mol. The van der Waals surface area contributed by atoms with Crippen LogP contribution < -0.4 is 14.9 Å². The van der Waals surface area contributed by atoms with Crippen molar-refractivity contribution >= 4 is 28.1 Å². The number of nitrogens with one attached hydrogen (secondary N) is 1. The maximum Gasteiger partial charge on any atom is 0.244 e. The molecule has 126 valence electrons. The third kappa shape index (κ3) is 5.09. The summed E-state index contributed by atoms with van der Waals surface area (Å²) in [6.45, 7) is 2.43. The van der Waals surface area contributed by atoms with E-state index in [1.165, 1.54) is 0 Å². The quantitative estimate of drug-likeness (QED) is 0.580. The van der Waals surface area contributed by atoms with Crippen molar-refractivity contribution in [1.29, 1.82) is 0 Å². The van der Waals surface area contributed by atoms with Crippen LogP contribution in [0.1, 0.15) is 18.1 Å². The van der Waals surface area contributed by atoms with E-state index in [0.717, 1.165) is 15.6 Å². The highest BCUT2D eigenvalue weighted by atomic mass is 79.9. The summed E-state index contributed by atoms with van der Waals surface area (Å²) in [4.78, 5) is 11.9. The van der Waals surface area contributed by atoms with E-state index in [0.29, 0.717) is 18.1 Å². The molecule has 0 unspecified atom stereocenters. The summed E-state index contributed by atoms with van der Waals surface area (Å²) in [6, 6.07) is 13.2. The SMILES string of the molecule is CCOc1cc(/C=N\NC(=O)Cc2ccccc2)cc(Br)c1OC. The van der Waals surface area contributed by atoms with E-state index >= 15 is 0 Å². The number of hydrazone groups is 1. The number of methoxy groups -OCH3 is 1. The largest absolute Gasteiger partial charge is 0.492 e. The third-order valence-corrected chi connectivity index (χ3v) is 3.74. The zero-order chi connectivity index (χ0) is 17.4. The summed E-state index contributed by atoms with van der Waals surface area (Å²) in [5.41, 5.74) is 4.25. The topological polar surface area (TPSA) is 59.9 Å². The van der Waals surface area contributed by atoms with Crippen LogP contribution in [0, 0.1) is 0 Å². The lowest BCUT2D eigenvalue weighted by Crippen LogP contribution is -2.19. The van der Waals surface area contributed by atoms with E-state index in [2.05, 4.69) is 26.5 Å². The minimum Gasteiger partial charge on any atom is -0.492 e. The number of hydrogen-bond acceptors (Lipinski definition) is 4. The van der Waals surface area contributed by atoms with Gasteiger partial charge in [0.05, 0.1) is 30.8 Å². The highest BCUT2D eigenvalue weighted by molar-refractivity contribution is 9.10. The van der Waals surface area contributed by atoms with Gasteiger partial charge < -0.3 is 9.47 Å². The molecule has 0 aromatic heterocycles. The molecule has 0 fully saturated rings. The molecule has 24 heavy (non-hydrogen) atoms. The Morgan fingerprint density at radius 3 is 2.71 bits per heavy atom. The van der Waals surface area contributed by atoms with Crippen molar-refractivity contribution in [2.45, 2.75) is 13.3 Å². The number of rotatable bonds is 7. The van der Waals surface area contributed by atoms with Gasteiger partial charge in [-0.3, -0.25) is 4.79 Å². The van der Waals surface area contributed by atoms with Gasteiger partial charge in [-0.15, -0.1) is 0 Å². The maximum absolute atomic E-state index is 11.9. The zero-order valence-corrected chi connectivity index (χ0v) is 15.2. The standard InChI is InChI=1S/C18H19BrN2O3/c1-3-24-16-10-14(9-15(19)18(16)23-2)12-20-21-17(22)11-13-7-5-4-6-8-13/h4-10,12H,3,11H2,1-2H3,(H,21,22)/b20-12-. The molecule has 0 spiro atoms. The molecule has 0 saturated heterocycles. The van der Waals surface area contributed by atoms with E-state index in [4.69, 9.17) is 9.47 Å². The summed E-state index contributed by atoms with van der Waals surface area (Å²) >= 11 is 3.44. The first-order valence-corrected chi connectivity index (χ1v) is 8.29. The zero-order valence-electron chi connectivity index (χ0n) is 13.6. The minimum atomic E-state index is -0.171. The fourth-order valence-electron chi connectivity index (χ4n) is 2.12. The minimum absolute atomic E-state index is 0.171. The Labute approximate surface area is 149 Å². The Morgan fingerprint density at radius 1 is 1.29 bits per heavy atom. The van der Waals surface area contributed by atoms with Crippen LogP contribution in [0.2, 0.25) is 0 Å². The van der Waals surface area contributed by atoms with Gasteiger partial charge in [-0.05, 0) is 46.1 Å². The molecule has 5 nitrogen and oxygen atoms in total.